The maximum atomic E-state index is 11.5. The van der Waals surface area contributed by atoms with Crippen molar-refractivity contribution < 1.29 is 4.79 Å². The highest BCUT2D eigenvalue weighted by Crippen LogP contribution is 1.99. The van der Waals surface area contributed by atoms with E-state index in [1.807, 2.05) is 72.8 Å². The van der Waals surface area contributed by atoms with Crippen molar-refractivity contribution >= 4 is 12.0 Å². The highest BCUT2D eigenvalue weighted by molar-refractivity contribution is 5.94. The zero-order valence-corrected chi connectivity index (χ0v) is 11.0. The molecule has 2 nitrogen and oxygen atoms in total. The molecule has 98 valence electrons. The van der Waals surface area contributed by atoms with E-state index < -0.39 is 0 Å². The number of carbonyl (C=O) groups is 1. The lowest BCUT2D eigenvalue weighted by Crippen LogP contribution is -2.21. The third kappa shape index (κ3) is 4.83. The van der Waals surface area contributed by atoms with E-state index in [2.05, 4.69) is 17.2 Å². The van der Waals surface area contributed by atoms with Crippen molar-refractivity contribution in [2.75, 3.05) is 6.54 Å². The number of nitrogens with one attached hydrogen (secondary N) is 1. The van der Waals surface area contributed by atoms with Crippen LogP contribution in [0.4, 0.5) is 0 Å². The van der Waals surface area contributed by atoms with Crippen LogP contribution in [0, 0.1) is 11.8 Å². The molecule has 0 aliphatic heterocycles. The minimum absolute atomic E-state index is 0.272. The van der Waals surface area contributed by atoms with Gasteiger partial charge in [0.1, 0.15) is 0 Å². The van der Waals surface area contributed by atoms with E-state index >= 15 is 0 Å². The lowest BCUT2D eigenvalue weighted by Gasteiger charge is -1.95. The SMILES string of the molecule is O=C(C#Cc1ccccc1)NC/C=C/c1ccccc1. The van der Waals surface area contributed by atoms with Crippen molar-refractivity contribution in [2.24, 2.45) is 0 Å². The summed E-state index contributed by atoms with van der Waals surface area (Å²) in [4.78, 5) is 11.5. The van der Waals surface area contributed by atoms with Crippen molar-refractivity contribution in [1.29, 1.82) is 0 Å². The molecule has 0 saturated carbocycles. The summed E-state index contributed by atoms with van der Waals surface area (Å²) in [5, 5.41) is 2.72. The molecule has 0 aliphatic carbocycles. The highest BCUT2D eigenvalue weighted by Gasteiger charge is 1.91. The second-order valence-electron chi connectivity index (χ2n) is 4.14. The summed E-state index contributed by atoms with van der Waals surface area (Å²) in [6.07, 6.45) is 3.86. The van der Waals surface area contributed by atoms with Gasteiger partial charge in [0, 0.05) is 18.0 Å². The second-order valence-corrected chi connectivity index (χ2v) is 4.14. The van der Waals surface area contributed by atoms with Crippen LogP contribution in [0.2, 0.25) is 0 Å². The molecule has 0 radical (unpaired) electrons. The predicted molar refractivity (Wildman–Crippen MR) is 81.8 cm³/mol. The minimum atomic E-state index is -0.272. The van der Waals surface area contributed by atoms with Gasteiger partial charge in [-0.15, -0.1) is 0 Å². The van der Waals surface area contributed by atoms with Gasteiger partial charge in [0.25, 0.3) is 5.91 Å². The molecule has 2 aromatic carbocycles. The molecule has 1 amide bonds. The number of rotatable bonds is 3. The molecular formula is C18H15NO. The lowest BCUT2D eigenvalue weighted by atomic mass is 10.2. The van der Waals surface area contributed by atoms with Crippen LogP contribution < -0.4 is 5.32 Å². The van der Waals surface area contributed by atoms with E-state index in [4.69, 9.17) is 0 Å². The van der Waals surface area contributed by atoms with Crippen molar-refractivity contribution in [1.82, 2.24) is 5.32 Å². The van der Waals surface area contributed by atoms with Gasteiger partial charge in [0.2, 0.25) is 0 Å². The average molecular weight is 261 g/mol. The maximum absolute atomic E-state index is 11.5. The van der Waals surface area contributed by atoms with E-state index in [0.29, 0.717) is 6.54 Å². The van der Waals surface area contributed by atoms with Crippen LogP contribution in [0.1, 0.15) is 11.1 Å². The first kappa shape index (κ1) is 13.6. The zero-order chi connectivity index (χ0) is 14.0. The molecule has 0 spiro atoms. The Morgan fingerprint density at radius 1 is 1.00 bits per heavy atom. The molecular weight excluding hydrogens is 246 g/mol. The third-order valence-corrected chi connectivity index (χ3v) is 2.58. The largest absolute Gasteiger partial charge is 0.342 e. The topological polar surface area (TPSA) is 29.1 Å². The van der Waals surface area contributed by atoms with Crippen molar-refractivity contribution in [3.63, 3.8) is 0 Å². The van der Waals surface area contributed by atoms with Gasteiger partial charge in [-0.05, 0) is 17.7 Å². The van der Waals surface area contributed by atoms with Crippen molar-refractivity contribution in [3.05, 3.63) is 77.9 Å². The fraction of sp³-hybridized carbons (Fsp3) is 0.0556. The van der Waals surface area contributed by atoms with E-state index in [-0.39, 0.29) is 5.91 Å². The van der Waals surface area contributed by atoms with Crippen molar-refractivity contribution in [2.45, 2.75) is 0 Å². The monoisotopic (exact) mass is 261 g/mol. The van der Waals surface area contributed by atoms with E-state index in [0.717, 1.165) is 11.1 Å². The first-order valence-electron chi connectivity index (χ1n) is 6.41. The molecule has 0 aliphatic rings. The Hall–Kier alpha value is -2.79. The Labute approximate surface area is 119 Å². The van der Waals surface area contributed by atoms with Gasteiger partial charge in [-0.1, -0.05) is 66.6 Å². The van der Waals surface area contributed by atoms with Crippen LogP contribution in [0.15, 0.2) is 66.7 Å². The van der Waals surface area contributed by atoms with Crippen LogP contribution >= 0.6 is 0 Å². The molecule has 0 heterocycles. The normalized spacial score (nSPS) is 9.80. The van der Waals surface area contributed by atoms with Crippen LogP contribution in [-0.2, 0) is 4.79 Å². The molecule has 2 aromatic rings. The van der Waals surface area contributed by atoms with Crippen LogP contribution in [-0.4, -0.2) is 12.5 Å². The quantitative estimate of drug-likeness (QED) is 0.846. The Bertz CT molecular complexity index is 633. The first-order valence-corrected chi connectivity index (χ1v) is 6.41. The maximum Gasteiger partial charge on any atom is 0.296 e. The second kappa shape index (κ2) is 7.60. The Kier molecular flexibility index (Phi) is 5.18. The van der Waals surface area contributed by atoms with Gasteiger partial charge >= 0.3 is 0 Å². The molecule has 0 fully saturated rings. The van der Waals surface area contributed by atoms with Crippen molar-refractivity contribution in [3.8, 4) is 11.8 Å². The average Bonchev–Trinajstić information content (AvgIpc) is 2.52. The van der Waals surface area contributed by atoms with E-state index in [1.165, 1.54) is 0 Å². The molecule has 1 N–H and O–H groups in total. The number of hydrogen-bond acceptors (Lipinski definition) is 1. The van der Waals surface area contributed by atoms with Gasteiger partial charge in [0.15, 0.2) is 0 Å². The summed E-state index contributed by atoms with van der Waals surface area (Å²) >= 11 is 0. The fourth-order valence-electron chi connectivity index (χ4n) is 1.61. The van der Waals surface area contributed by atoms with E-state index in [1.54, 1.807) is 0 Å². The fourth-order valence-corrected chi connectivity index (χ4v) is 1.61. The molecule has 2 rings (SSSR count). The van der Waals surface area contributed by atoms with Gasteiger partial charge in [-0.25, -0.2) is 0 Å². The van der Waals surface area contributed by atoms with Crippen LogP contribution in [0.25, 0.3) is 6.08 Å². The zero-order valence-electron chi connectivity index (χ0n) is 11.0. The number of amides is 1. The summed E-state index contributed by atoms with van der Waals surface area (Å²) in [6, 6.07) is 19.4. The Morgan fingerprint density at radius 3 is 2.35 bits per heavy atom. The molecule has 0 atom stereocenters. The summed E-state index contributed by atoms with van der Waals surface area (Å²) in [5.74, 6) is 5.11. The smallest absolute Gasteiger partial charge is 0.296 e. The Balaban J connectivity index is 1.79. The summed E-state index contributed by atoms with van der Waals surface area (Å²) in [7, 11) is 0. The number of hydrogen-bond donors (Lipinski definition) is 1. The predicted octanol–water partition coefficient (Wildman–Crippen LogP) is 2.87. The van der Waals surface area contributed by atoms with E-state index in [9.17, 15) is 4.79 Å². The molecule has 0 saturated heterocycles. The number of benzene rings is 2. The highest BCUT2D eigenvalue weighted by atomic mass is 16.1. The van der Waals surface area contributed by atoms with Gasteiger partial charge in [0.05, 0.1) is 0 Å². The summed E-state index contributed by atoms with van der Waals surface area (Å²) in [5.41, 5.74) is 1.94. The molecule has 2 heteroatoms. The summed E-state index contributed by atoms with van der Waals surface area (Å²) < 4.78 is 0. The lowest BCUT2D eigenvalue weighted by molar-refractivity contribution is -0.115. The summed E-state index contributed by atoms with van der Waals surface area (Å²) in [6.45, 7) is 0.469. The van der Waals surface area contributed by atoms with Crippen LogP contribution in [0.3, 0.4) is 0 Å². The Morgan fingerprint density at radius 2 is 1.65 bits per heavy atom. The molecule has 0 aromatic heterocycles. The molecule has 0 unspecified atom stereocenters. The third-order valence-electron chi connectivity index (χ3n) is 2.58. The molecule has 0 bridgehead atoms. The molecule has 20 heavy (non-hydrogen) atoms. The standard InChI is InChI=1S/C18H15NO/c20-18(14-13-17-10-5-2-6-11-17)19-15-7-12-16-8-3-1-4-9-16/h1-12H,15H2,(H,19,20)/b12-7+. The van der Waals surface area contributed by atoms with Gasteiger partial charge in [-0.2, -0.15) is 0 Å². The minimum Gasteiger partial charge on any atom is -0.342 e. The van der Waals surface area contributed by atoms with Gasteiger partial charge in [-0.3, -0.25) is 4.79 Å². The van der Waals surface area contributed by atoms with Gasteiger partial charge < -0.3 is 5.32 Å². The van der Waals surface area contributed by atoms with Crippen LogP contribution in [0.5, 0.6) is 0 Å². The number of carbonyl (C=O) groups excluding carboxylic acids is 1. The first-order chi connectivity index (χ1) is 9.84.